The molecule has 0 saturated heterocycles. The van der Waals surface area contributed by atoms with Gasteiger partial charge in [0.25, 0.3) is 0 Å². The second-order valence-corrected chi connectivity index (χ2v) is 4.97. The second-order valence-electron chi connectivity index (χ2n) is 4.70. The van der Waals surface area contributed by atoms with E-state index < -0.39 is 0 Å². The van der Waals surface area contributed by atoms with Gasteiger partial charge in [0.05, 0.1) is 24.4 Å². The van der Waals surface area contributed by atoms with E-state index in [1.807, 2.05) is 30.3 Å². The predicted octanol–water partition coefficient (Wildman–Crippen LogP) is 4.06. The topological polar surface area (TPSA) is 26.5 Å². The third kappa shape index (κ3) is 2.14. The molecule has 1 aromatic carbocycles. The molecular weight excluding hydrogens is 272 g/mol. The highest BCUT2D eigenvalue weighted by atomic mass is 35.5. The Hall–Kier alpha value is -2.00. The van der Waals surface area contributed by atoms with Crippen LogP contribution in [0.1, 0.15) is 11.3 Å². The van der Waals surface area contributed by atoms with Crippen LogP contribution in [-0.4, -0.2) is 16.5 Å². The van der Waals surface area contributed by atoms with Crippen molar-refractivity contribution in [2.45, 2.75) is 12.8 Å². The number of fused-ring (bicyclic) bond motifs is 1. The van der Waals surface area contributed by atoms with Crippen LogP contribution in [0.15, 0.2) is 42.6 Å². The highest BCUT2D eigenvalue weighted by molar-refractivity contribution is 6.17. The molecule has 0 aliphatic carbocycles. The molecule has 0 bridgehead atoms. The van der Waals surface area contributed by atoms with E-state index in [0.29, 0.717) is 5.88 Å². The lowest BCUT2D eigenvalue weighted by Crippen LogP contribution is -1.92. The van der Waals surface area contributed by atoms with Crippen molar-refractivity contribution in [2.24, 2.45) is 0 Å². The second kappa shape index (κ2) is 5.17. The van der Waals surface area contributed by atoms with Gasteiger partial charge < -0.3 is 9.14 Å². The number of methoxy groups -OCH3 is 1. The maximum atomic E-state index is 6.13. The van der Waals surface area contributed by atoms with E-state index in [-0.39, 0.29) is 0 Å². The van der Waals surface area contributed by atoms with Crippen molar-refractivity contribution in [3.63, 3.8) is 0 Å². The van der Waals surface area contributed by atoms with Crippen LogP contribution in [0.2, 0.25) is 0 Å². The van der Waals surface area contributed by atoms with Gasteiger partial charge in [0.2, 0.25) is 0 Å². The average molecular weight is 287 g/mol. The molecule has 0 aliphatic heterocycles. The van der Waals surface area contributed by atoms with Crippen molar-refractivity contribution in [3.05, 3.63) is 53.9 Å². The van der Waals surface area contributed by atoms with Crippen molar-refractivity contribution >= 4 is 17.2 Å². The Balaban J connectivity index is 2.19. The highest BCUT2D eigenvalue weighted by Crippen LogP contribution is 2.27. The Labute approximate surface area is 122 Å². The number of alkyl halides is 1. The summed E-state index contributed by atoms with van der Waals surface area (Å²) in [4.78, 5) is 4.69. The number of benzene rings is 1. The Morgan fingerprint density at radius 2 is 1.90 bits per heavy atom. The van der Waals surface area contributed by atoms with Gasteiger partial charge >= 0.3 is 0 Å². The SMILES string of the molecule is COc1ccc(-c2nc3ccc(C)cn3c2CCl)cc1. The third-order valence-corrected chi connectivity index (χ3v) is 3.61. The molecule has 2 aromatic heterocycles. The first-order chi connectivity index (χ1) is 9.72. The lowest BCUT2D eigenvalue weighted by Gasteiger charge is -2.03. The van der Waals surface area contributed by atoms with Gasteiger partial charge in [-0.1, -0.05) is 6.07 Å². The third-order valence-electron chi connectivity index (χ3n) is 3.36. The lowest BCUT2D eigenvalue weighted by atomic mass is 10.1. The number of halogens is 1. The summed E-state index contributed by atoms with van der Waals surface area (Å²) in [7, 11) is 1.66. The molecule has 4 heteroatoms. The molecule has 0 spiro atoms. The van der Waals surface area contributed by atoms with E-state index in [1.165, 1.54) is 5.56 Å². The first-order valence-corrected chi connectivity index (χ1v) is 6.94. The molecule has 0 aliphatic rings. The Bertz CT molecular complexity index is 747. The van der Waals surface area contributed by atoms with Gasteiger partial charge in [-0.15, -0.1) is 11.6 Å². The van der Waals surface area contributed by atoms with Gasteiger partial charge in [0.1, 0.15) is 11.4 Å². The molecule has 0 radical (unpaired) electrons. The predicted molar refractivity (Wildman–Crippen MR) is 81.5 cm³/mol. The summed E-state index contributed by atoms with van der Waals surface area (Å²) < 4.78 is 7.24. The minimum atomic E-state index is 0.423. The van der Waals surface area contributed by atoms with Crippen molar-refractivity contribution < 1.29 is 4.74 Å². The van der Waals surface area contributed by atoms with Crippen LogP contribution in [0.4, 0.5) is 0 Å². The van der Waals surface area contributed by atoms with Gasteiger partial charge in [0.15, 0.2) is 0 Å². The molecular formula is C16H15ClN2O. The number of hydrogen-bond donors (Lipinski definition) is 0. The van der Waals surface area contributed by atoms with Crippen molar-refractivity contribution in [1.82, 2.24) is 9.38 Å². The molecule has 102 valence electrons. The number of ether oxygens (including phenoxy) is 1. The van der Waals surface area contributed by atoms with Crippen LogP contribution >= 0.6 is 11.6 Å². The van der Waals surface area contributed by atoms with Crippen molar-refractivity contribution in [2.75, 3.05) is 7.11 Å². The first-order valence-electron chi connectivity index (χ1n) is 6.41. The lowest BCUT2D eigenvalue weighted by molar-refractivity contribution is 0.415. The molecule has 20 heavy (non-hydrogen) atoms. The molecule has 3 aromatic rings. The largest absolute Gasteiger partial charge is 0.497 e. The Morgan fingerprint density at radius 1 is 1.15 bits per heavy atom. The number of rotatable bonds is 3. The normalized spacial score (nSPS) is 10.9. The fourth-order valence-electron chi connectivity index (χ4n) is 2.31. The summed E-state index contributed by atoms with van der Waals surface area (Å²) in [6.45, 7) is 2.06. The minimum Gasteiger partial charge on any atom is -0.497 e. The van der Waals surface area contributed by atoms with Gasteiger partial charge in [-0.2, -0.15) is 0 Å². The fourth-order valence-corrected chi connectivity index (χ4v) is 2.56. The van der Waals surface area contributed by atoms with E-state index in [4.69, 9.17) is 16.3 Å². The van der Waals surface area contributed by atoms with E-state index in [2.05, 4.69) is 28.6 Å². The highest BCUT2D eigenvalue weighted by Gasteiger charge is 2.13. The fraction of sp³-hybridized carbons (Fsp3) is 0.188. The number of pyridine rings is 1. The zero-order chi connectivity index (χ0) is 14.1. The van der Waals surface area contributed by atoms with E-state index in [9.17, 15) is 0 Å². The summed E-state index contributed by atoms with van der Waals surface area (Å²) in [5, 5.41) is 0. The number of aryl methyl sites for hydroxylation is 1. The standard InChI is InChI=1S/C16H15ClN2O/c1-11-3-8-15-18-16(14(9-17)19(15)10-11)12-4-6-13(20-2)7-5-12/h3-8,10H,9H2,1-2H3. The molecule has 0 unspecified atom stereocenters. The summed E-state index contributed by atoms with van der Waals surface area (Å²) >= 11 is 6.13. The summed E-state index contributed by atoms with van der Waals surface area (Å²) in [6, 6.07) is 11.9. The maximum Gasteiger partial charge on any atom is 0.137 e. The molecule has 0 N–H and O–H groups in total. The van der Waals surface area contributed by atoms with Crippen molar-refractivity contribution in [3.8, 4) is 17.0 Å². The monoisotopic (exact) mass is 286 g/mol. The van der Waals surface area contributed by atoms with Crippen LogP contribution in [0.3, 0.4) is 0 Å². The summed E-state index contributed by atoms with van der Waals surface area (Å²) in [6.07, 6.45) is 2.06. The summed E-state index contributed by atoms with van der Waals surface area (Å²) in [5.41, 5.74) is 5.08. The zero-order valence-corrected chi connectivity index (χ0v) is 12.2. The van der Waals surface area contributed by atoms with E-state index in [1.54, 1.807) is 7.11 Å². The number of hydrogen-bond acceptors (Lipinski definition) is 2. The van der Waals surface area contributed by atoms with Crippen LogP contribution < -0.4 is 4.74 Å². The van der Waals surface area contributed by atoms with E-state index in [0.717, 1.165) is 28.3 Å². The molecule has 0 atom stereocenters. The number of nitrogens with zero attached hydrogens (tertiary/aromatic N) is 2. The molecule has 2 heterocycles. The van der Waals surface area contributed by atoms with Gasteiger partial charge in [-0.25, -0.2) is 4.98 Å². The van der Waals surface area contributed by atoms with Crippen molar-refractivity contribution in [1.29, 1.82) is 0 Å². The molecule has 3 rings (SSSR count). The van der Waals surface area contributed by atoms with Gasteiger partial charge in [-0.3, -0.25) is 0 Å². The van der Waals surface area contributed by atoms with Crippen LogP contribution in [-0.2, 0) is 5.88 Å². The van der Waals surface area contributed by atoms with Gasteiger partial charge in [-0.05, 0) is 42.8 Å². The molecule has 0 amide bonds. The van der Waals surface area contributed by atoms with E-state index >= 15 is 0 Å². The summed E-state index contributed by atoms with van der Waals surface area (Å²) in [5.74, 6) is 1.26. The molecule has 0 fully saturated rings. The van der Waals surface area contributed by atoms with Crippen LogP contribution in [0.5, 0.6) is 5.75 Å². The minimum absolute atomic E-state index is 0.423. The number of imidazole rings is 1. The smallest absolute Gasteiger partial charge is 0.137 e. The first kappa shape index (κ1) is 13.0. The quantitative estimate of drug-likeness (QED) is 0.679. The maximum absolute atomic E-state index is 6.13. The van der Waals surface area contributed by atoms with Crippen LogP contribution in [0, 0.1) is 6.92 Å². The Kier molecular flexibility index (Phi) is 3.36. The zero-order valence-electron chi connectivity index (χ0n) is 11.4. The number of aromatic nitrogens is 2. The van der Waals surface area contributed by atoms with Crippen LogP contribution in [0.25, 0.3) is 16.9 Å². The Morgan fingerprint density at radius 3 is 2.55 bits per heavy atom. The average Bonchev–Trinajstić information content (AvgIpc) is 2.85. The molecule has 0 saturated carbocycles. The van der Waals surface area contributed by atoms with Gasteiger partial charge in [0, 0.05) is 11.8 Å². The molecule has 3 nitrogen and oxygen atoms in total.